The Kier molecular flexibility index (Phi) is 6.82. The molecule has 0 spiro atoms. The Labute approximate surface area is 167 Å². The van der Waals surface area contributed by atoms with Crippen LogP contribution in [0.2, 0.25) is 0 Å². The maximum absolute atomic E-state index is 12.6. The molecule has 152 valence electrons. The Morgan fingerprint density at radius 2 is 1.86 bits per heavy atom. The molecule has 3 rings (SSSR count). The quantitative estimate of drug-likeness (QED) is 0.317. The van der Waals surface area contributed by atoms with Crippen LogP contribution in [-0.4, -0.2) is 53.4 Å². The first-order valence-corrected chi connectivity index (χ1v) is 9.00. The highest BCUT2D eigenvalue weighted by Crippen LogP contribution is 2.31. The number of hydrogen-bond acceptors (Lipinski definition) is 7. The summed E-state index contributed by atoms with van der Waals surface area (Å²) in [6.45, 7) is -0.993. The van der Waals surface area contributed by atoms with E-state index in [1.807, 2.05) is 30.3 Å². The van der Waals surface area contributed by atoms with E-state index in [1.54, 1.807) is 30.3 Å². The summed E-state index contributed by atoms with van der Waals surface area (Å²) in [5.74, 6) is -2.80. The number of benzene rings is 2. The van der Waals surface area contributed by atoms with Crippen molar-refractivity contribution in [1.29, 1.82) is 0 Å². The minimum Gasteiger partial charge on any atom is -0.455 e. The van der Waals surface area contributed by atoms with Gasteiger partial charge in [-0.15, -0.1) is 0 Å². The summed E-state index contributed by atoms with van der Waals surface area (Å²) in [6, 6.07) is 16.4. The van der Waals surface area contributed by atoms with E-state index in [4.69, 9.17) is 19.7 Å². The fourth-order valence-electron chi connectivity index (χ4n) is 3.06. The van der Waals surface area contributed by atoms with Gasteiger partial charge < -0.3 is 24.4 Å². The van der Waals surface area contributed by atoms with Gasteiger partial charge in [-0.3, -0.25) is 0 Å². The molecule has 0 amide bonds. The molecule has 1 fully saturated rings. The molecular formula is C20H21N3O6. The van der Waals surface area contributed by atoms with Crippen molar-refractivity contribution in [2.45, 2.75) is 30.6 Å². The zero-order valence-corrected chi connectivity index (χ0v) is 15.5. The Hall–Kier alpha value is -2.94. The normalized spacial score (nSPS) is 26.3. The molecule has 2 aromatic rings. The number of carbonyl (C=O) groups is 1. The van der Waals surface area contributed by atoms with Crippen molar-refractivity contribution in [2.24, 2.45) is 5.11 Å². The number of rotatable bonds is 7. The Morgan fingerprint density at radius 3 is 2.48 bits per heavy atom. The van der Waals surface area contributed by atoms with Crippen LogP contribution in [0.25, 0.3) is 10.4 Å². The molecule has 0 radical (unpaired) electrons. The molecule has 1 aliphatic rings. The second-order valence-corrected chi connectivity index (χ2v) is 6.54. The van der Waals surface area contributed by atoms with Crippen molar-refractivity contribution in [2.75, 3.05) is 13.2 Å². The summed E-state index contributed by atoms with van der Waals surface area (Å²) in [5.41, 5.74) is 9.96. The van der Waals surface area contributed by atoms with E-state index in [0.717, 1.165) is 5.56 Å². The van der Waals surface area contributed by atoms with Gasteiger partial charge in [-0.25, -0.2) is 4.79 Å². The lowest BCUT2D eigenvalue weighted by Crippen LogP contribution is -2.64. The highest BCUT2D eigenvalue weighted by molar-refractivity contribution is 5.89. The number of aliphatic hydroxyl groups excluding tert-OH is 1. The van der Waals surface area contributed by atoms with E-state index < -0.39 is 36.6 Å². The maximum atomic E-state index is 12.6. The Morgan fingerprint density at radius 1 is 1.21 bits per heavy atom. The standard InChI is InChI=1S/C20H21N3O6/c21-23-22-16-12-28-20(26,13-24)18(27-11-14-7-3-1-4-8-14)17(16)29-19(25)15-9-5-2-6-10-15/h1-10,16-18,24,26H,11-13H2/t16-,17-,18+,20-/m1/s1. The van der Waals surface area contributed by atoms with Crippen molar-refractivity contribution < 1.29 is 29.2 Å². The monoisotopic (exact) mass is 399 g/mol. The molecule has 9 heteroatoms. The molecule has 1 saturated heterocycles. The first-order chi connectivity index (χ1) is 14.1. The van der Waals surface area contributed by atoms with Gasteiger partial charge in [0.15, 0.2) is 6.10 Å². The molecule has 0 aromatic heterocycles. The summed E-state index contributed by atoms with van der Waals surface area (Å²) in [7, 11) is 0. The van der Waals surface area contributed by atoms with Gasteiger partial charge in [0.25, 0.3) is 0 Å². The number of ether oxygens (including phenoxy) is 3. The van der Waals surface area contributed by atoms with Crippen LogP contribution in [-0.2, 0) is 20.8 Å². The van der Waals surface area contributed by atoms with Crippen LogP contribution in [0.5, 0.6) is 0 Å². The summed E-state index contributed by atoms with van der Waals surface area (Å²) in [6.07, 6.45) is -2.46. The van der Waals surface area contributed by atoms with Crippen molar-refractivity contribution in [3.63, 3.8) is 0 Å². The number of hydrogen-bond donors (Lipinski definition) is 2. The van der Waals surface area contributed by atoms with Crippen LogP contribution >= 0.6 is 0 Å². The van der Waals surface area contributed by atoms with Gasteiger partial charge >= 0.3 is 5.97 Å². The maximum Gasteiger partial charge on any atom is 0.338 e. The van der Waals surface area contributed by atoms with Gasteiger partial charge in [0.1, 0.15) is 12.1 Å². The fourth-order valence-corrected chi connectivity index (χ4v) is 3.06. The molecule has 29 heavy (non-hydrogen) atoms. The van der Waals surface area contributed by atoms with Crippen LogP contribution in [0, 0.1) is 0 Å². The van der Waals surface area contributed by atoms with E-state index >= 15 is 0 Å². The average Bonchev–Trinajstić information content (AvgIpc) is 2.76. The Bertz CT molecular complexity index is 859. The minimum atomic E-state index is -2.13. The molecule has 2 N–H and O–H groups in total. The number of nitrogens with zero attached hydrogens (tertiary/aromatic N) is 3. The third-order valence-electron chi connectivity index (χ3n) is 4.58. The van der Waals surface area contributed by atoms with E-state index in [2.05, 4.69) is 10.0 Å². The van der Waals surface area contributed by atoms with Gasteiger partial charge in [0.2, 0.25) is 5.79 Å². The lowest BCUT2D eigenvalue weighted by Gasteiger charge is -2.44. The highest BCUT2D eigenvalue weighted by Gasteiger charge is 2.52. The summed E-state index contributed by atoms with van der Waals surface area (Å²) in [5, 5.41) is 24.1. The van der Waals surface area contributed by atoms with Crippen LogP contribution in [0.1, 0.15) is 15.9 Å². The molecule has 0 aliphatic carbocycles. The van der Waals surface area contributed by atoms with Crippen LogP contribution in [0.3, 0.4) is 0 Å². The predicted octanol–water partition coefficient (Wildman–Crippen LogP) is 2.19. The molecule has 0 unspecified atom stereocenters. The molecule has 1 aliphatic heterocycles. The predicted molar refractivity (Wildman–Crippen MR) is 102 cm³/mol. The van der Waals surface area contributed by atoms with Gasteiger partial charge in [0.05, 0.1) is 25.4 Å². The van der Waals surface area contributed by atoms with Crippen molar-refractivity contribution in [1.82, 2.24) is 0 Å². The largest absolute Gasteiger partial charge is 0.455 e. The van der Waals surface area contributed by atoms with Gasteiger partial charge in [-0.2, -0.15) is 0 Å². The zero-order valence-electron chi connectivity index (χ0n) is 15.5. The number of aliphatic hydroxyl groups is 2. The number of esters is 1. The molecule has 0 saturated carbocycles. The van der Waals surface area contributed by atoms with Crippen molar-refractivity contribution >= 4 is 5.97 Å². The van der Waals surface area contributed by atoms with E-state index in [-0.39, 0.29) is 18.8 Å². The number of azide groups is 1. The average molecular weight is 399 g/mol. The van der Waals surface area contributed by atoms with E-state index in [9.17, 15) is 15.0 Å². The van der Waals surface area contributed by atoms with E-state index in [1.165, 1.54) is 0 Å². The van der Waals surface area contributed by atoms with Gasteiger partial charge in [-0.1, -0.05) is 53.6 Å². The van der Waals surface area contributed by atoms with Crippen LogP contribution in [0.4, 0.5) is 0 Å². The van der Waals surface area contributed by atoms with Crippen molar-refractivity contribution in [3.05, 3.63) is 82.2 Å². The molecular weight excluding hydrogens is 378 g/mol. The molecule has 1 heterocycles. The van der Waals surface area contributed by atoms with Crippen molar-refractivity contribution in [3.8, 4) is 0 Å². The van der Waals surface area contributed by atoms with Crippen LogP contribution < -0.4 is 0 Å². The SMILES string of the molecule is [N-]=[N+]=N[C@@H]1CO[C@](O)(CO)[C@@H](OCc2ccccc2)[C@@H]1OC(=O)c1ccccc1. The smallest absolute Gasteiger partial charge is 0.338 e. The second-order valence-electron chi connectivity index (χ2n) is 6.54. The molecule has 2 aromatic carbocycles. The van der Waals surface area contributed by atoms with Gasteiger partial charge in [-0.05, 0) is 23.2 Å². The Balaban J connectivity index is 1.87. The fraction of sp³-hybridized carbons (Fsp3) is 0.350. The molecule has 9 nitrogen and oxygen atoms in total. The lowest BCUT2D eigenvalue weighted by molar-refractivity contribution is -0.326. The minimum absolute atomic E-state index is 0.0551. The first kappa shape index (κ1) is 20.8. The van der Waals surface area contributed by atoms with E-state index in [0.29, 0.717) is 0 Å². The third-order valence-corrected chi connectivity index (χ3v) is 4.58. The topological polar surface area (TPSA) is 134 Å². The van der Waals surface area contributed by atoms with Crippen LogP contribution in [0.15, 0.2) is 65.8 Å². The first-order valence-electron chi connectivity index (χ1n) is 9.00. The summed E-state index contributed by atoms with van der Waals surface area (Å²) < 4.78 is 16.7. The molecule has 4 atom stereocenters. The number of carbonyl (C=O) groups excluding carboxylic acids is 1. The third kappa shape index (κ3) is 4.92. The van der Waals surface area contributed by atoms with Gasteiger partial charge in [0, 0.05) is 4.91 Å². The zero-order chi connectivity index (χ0) is 20.7. The molecule has 0 bridgehead atoms. The highest BCUT2D eigenvalue weighted by atomic mass is 16.7. The summed E-state index contributed by atoms with van der Waals surface area (Å²) >= 11 is 0. The summed E-state index contributed by atoms with van der Waals surface area (Å²) in [4.78, 5) is 15.4. The second kappa shape index (κ2) is 9.51. The lowest BCUT2D eigenvalue weighted by atomic mass is 9.95.